The van der Waals surface area contributed by atoms with Crippen LogP contribution in [0.25, 0.3) is 0 Å². The number of nitrogens with zero attached hydrogens (tertiary/aromatic N) is 9. The van der Waals surface area contributed by atoms with Crippen molar-refractivity contribution < 1.29 is 43.8 Å². The maximum Gasteiger partial charge on any atom is 0.333 e. The molecule has 44 heavy (non-hydrogen) atoms. The first-order chi connectivity index (χ1) is 20.6. The van der Waals surface area contributed by atoms with E-state index in [1.807, 2.05) is 0 Å². The topological polar surface area (TPSA) is 343 Å². The molecule has 2 unspecified atom stereocenters. The second-order valence-electron chi connectivity index (χ2n) is 9.79. The van der Waals surface area contributed by atoms with Crippen molar-refractivity contribution in [2.75, 3.05) is 13.1 Å². The van der Waals surface area contributed by atoms with Gasteiger partial charge in [-0.2, -0.15) is 20.5 Å². The third-order valence-electron chi connectivity index (χ3n) is 5.86. The second kappa shape index (κ2) is 17.7. The number of nitrogens with one attached hydrogen (secondary N) is 3. The minimum Gasteiger partial charge on any atom is -0.480 e. The third-order valence-corrected chi connectivity index (χ3v) is 5.86. The Morgan fingerprint density at radius 2 is 1.41 bits per heavy atom. The van der Waals surface area contributed by atoms with E-state index in [-0.39, 0.29) is 57.5 Å². The Kier molecular flexibility index (Phi) is 14.8. The summed E-state index contributed by atoms with van der Waals surface area (Å²) in [4.78, 5) is 76.1. The minimum atomic E-state index is -1.13. The number of carbonyl (C=O) groups is 6. The fourth-order valence-electron chi connectivity index (χ4n) is 3.00. The summed E-state index contributed by atoms with van der Waals surface area (Å²) in [7, 11) is 0. The van der Waals surface area contributed by atoms with E-state index in [0.29, 0.717) is 17.9 Å². The Labute approximate surface area is 249 Å². The summed E-state index contributed by atoms with van der Waals surface area (Å²) in [6, 6.07) is -1.91. The van der Waals surface area contributed by atoms with Crippen molar-refractivity contribution in [2.24, 2.45) is 36.4 Å². The Balaban J connectivity index is 0.000000344. The number of hydrogen-bond donors (Lipinski definition) is 6. The summed E-state index contributed by atoms with van der Waals surface area (Å²) in [5.41, 5.74) is 16.8. The van der Waals surface area contributed by atoms with Gasteiger partial charge in [0.05, 0.1) is 6.42 Å². The molecule has 2 atom stereocenters. The van der Waals surface area contributed by atoms with E-state index in [4.69, 9.17) is 27.0 Å². The Hall–Kier alpha value is -5.20. The van der Waals surface area contributed by atoms with Crippen LogP contribution in [-0.2, 0) is 33.6 Å². The fraction of sp³-hybridized carbons (Fsp3) is 0.727. The molecule has 3 aliphatic heterocycles. The maximum atomic E-state index is 11.5. The van der Waals surface area contributed by atoms with Crippen LogP contribution in [0.15, 0.2) is 30.7 Å². The number of imide groups is 1. The lowest BCUT2D eigenvalue weighted by molar-refractivity contribution is -0.197. The number of aliphatic carboxylic acids is 2. The molecule has 0 aromatic rings. The molecule has 3 aliphatic rings. The van der Waals surface area contributed by atoms with E-state index in [2.05, 4.69) is 50.7 Å². The van der Waals surface area contributed by atoms with Gasteiger partial charge in [-0.05, 0) is 20.3 Å². The van der Waals surface area contributed by atoms with Crippen LogP contribution in [0, 0.1) is 11.1 Å². The minimum absolute atomic E-state index is 0.0839. The molecule has 0 spiro atoms. The van der Waals surface area contributed by atoms with E-state index in [0.717, 1.165) is 0 Å². The van der Waals surface area contributed by atoms with E-state index < -0.39 is 53.1 Å². The van der Waals surface area contributed by atoms with Crippen molar-refractivity contribution in [2.45, 2.75) is 88.6 Å². The molecule has 0 radical (unpaired) electrons. The molecule has 3 amide bonds. The zero-order valence-corrected chi connectivity index (χ0v) is 24.1. The average Bonchev–Trinajstić information content (AvgIpc) is 3.88. The Bertz CT molecular complexity index is 1230. The van der Waals surface area contributed by atoms with E-state index in [9.17, 15) is 28.8 Å². The highest BCUT2D eigenvalue weighted by molar-refractivity contribution is 6.01. The van der Waals surface area contributed by atoms with E-state index >= 15 is 0 Å². The molecule has 0 saturated carbocycles. The van der Waals surface area contributed by atoms with Gasteiger partial charge >= 0.3 is 17.9 Å². The Morgan fingerprint density at radius 1 is 0.932 bits per heavy atom. The molecular weight excluding hydrogens is 590 g/mol. The van der Waals surface area contributed by atoms with Crippen molar-refractivity contribution >= 4 is 35.6 Å². The standard InChI is InChI=1S/C9H14N6O3.C9H11N3O4.C4H8N4O2/c1-9(13-14-9)4-2-7(16)12-6(8(17)18)3-5-11-15-10;1-9(10-11-9)5-4-8(15)16-12-6(13)2-3-7(12)14;5-3(4(9)10)1-2-7-8-6/h6,10H,2-5H2,1H3,(H-,12,16,17,18);2-5H2,1H3;3,6H,1-2,5H2/p+2. The van der Waals surface area contributed by atoms with Gasteiger partial charge in [-0.1, -0.05) is 0 Å². The molecule has 1 fully saturated rings. The molecular formula is C22H35N13O9+2. The maximum absolute atomic E-state index is 11.5. The number of hydrogen-bond acceptors (Lipinski definition) is 16. The highest BCUT2D eigenvalue weighted by Crippen LogP contribution is 2.32. The lowest BCUT2D eigenvalue weighted by Crippen LogP contribution is -2.41. The molecule has 0 aromatic carbocycles. The number of rotatable bonds is 16. The largest absolute Gasteiger partial charge is 0.480 e. The van der Waals surface area contributed by atoms with E-state index in [1.165, 1.54) is 0 Å². The number of amides is 3. The number of carboxylic acids is 2. The zero-order valence-electron chi connectivity index (χ0n) is 24.1. The number of carbonyl (C=O) groups excluding carboxylic acids is 4. The van der Waals surface area contributed by atoms with Crippen molar-refractivity contribution in [3.8, 4) is 0 Å². The molecule has 0 bridgehead atoms. The van der Waals surface area contributed by atoms with Gasteiger partial charge in [0.1, 0.15) is 46.5 Å². The summed E-state index contributed by atoms with van der Waals surface area (Å²) in [5.74, 6) is -4.09. The summed E-state index contributed by atoms with van der Waals surface area (Å²) in [5, 5.41) is 41.7. The first-order valence-corrected chi connectivity index (χ1v) is 13.2. The van der Waals surface area contributed by atoms with Crippen molar-refractivity contribution in [1.82, 2.24) is 20.2 Å². The SMILES string of the molecule is CC1(CCC(=O)NC(CCN=[N+]=N)C(=O)O)N=N1.CC1(CCC(=O)ON2C(=O)CCC2=O)N=N1.N=[N+]=NCCC(N)C(=O)O. The van der Waals surface area contributed by atoms with Gasteiger partial charge < -0.3 is 26.1 Å². The highest BCUT2D eigenvalue weighted by atomic mass is 16.7. The molecule has 240 valence electrons. The number of nitrogens with two attached hydrogens (primary N) is 1. The predicted octanol–water partition coefficient (Wildman–Crippen LogP) is 0.353. The van der Waals surface area contributed by atoms with Crippen LogP contribution in [0.4, 0.5) is 0 Å². The van der Waals surface area contributed by atoms with Gasteiger partial charge in [-0.3, -0.25) is 19.2 Å². The number of hydroxylamine groups is 2. The van der Waals surface area contributed by atoms with Crippen LogP contribution >= 0.6 is 0 Å². The molecule has 22 nitrogen and oxygen atoms in total. The third kappa shape index (κ3) is 15.1. The quantitative estimate of drug-likeness (QED) is 0.0776. The van der Waals surface area contributed by atoms with Crippen molar-refractivity contribution in [3.05, 3.63) is 0 Å². The van der Waals surface area contributed by atoms with Crippen LogP contribution in [0.2, 0.25) is 0 Å². The molecule has 0 aliphatic carbocycles. The second-order valence-corrected chi connectivity index (χ2v) is 9.79. The summed E-state index contributed by atoms with van der Waals surface area (Å²) in [6.45, 7) is 3.86. The molecule has 7 N–H and O–H groups in total. The lowest BCUT2D eigenvalue weighted by atomic mass is 10.1. The first kappa shape index (κ1) is 36.8. The normalized spacial score (nSPS) is 17.2. The fourth-order valence-corrected chi connectivity index (χ4v) is 3.00. The van der Waals surface area contributed by atoms with Crippen LogP contribution < -0.4 is 20.9 Å². The van der Waals surface area contributed by atoms with Crippen LogP contribution in [0.3, 0.4) is 0 Å². The predicted molar refractivity (Wildman–Crippen MR) is 141 cm³/mol. The van der Waals surface area contributed by atoms with Crippen LogP contribution in [0.5, 0.6) is 0 Å². The van der Waals surface area contributed by atoms with Gasteiger partial charge in [0.15, 0.2) is 11.3 Å². The molecule has 22 heteroatoms. The first-order valence-electron chi connectivity index (χ1n) is 13.2. The number of carboxylic acid groups (broad SMARTS) is 2. The Morgan fingerprint density at radius 3 is 1.84 bits per heavy atom. The average molecular weight is 626 g/mol. The van der Waals surface area contributed by atoms with Crippen molar-refractivity contribution in [1.29, 1.82) is 11.1 Å². The van der Waals surface area contributed by atoms with Gasteiger partial charge in [0.2, 0.25) is 15.7 Å². The summed E-state index contributed by atoms with van der Waals surface area (Å²) >= 11 is 0. The van der Waals surface area contributed by atoms with Gasteiger partial charge in [-0.25, -0.2) is 9.59 Å². The van der Waals surface area contributed by atoms with Gasteiger partial charge in [0, 0.05) is 38.5 Å². The lowest BCUT2D eigenvalue weighted by Gasteiger charge is -2.12. The highest BCUT2D eigenvalue weighted by Gasteiger charge is 2.37. The monoisotopic (exact) mass is 625 g/mol. The van der Waals surface area contributed by atoms with Crippen LogP contribution in [0.1, 0.15) is 65.2 Å². The molecule has 3 heterocycles. The van der Waals surface area contributed by atoms with Crippen molar-refractivity contribution in [3.63, 3.8) is 0 Å². The molecule has 1 saturated heterocycles. The summed E-state index contributed by atoms with van der Waals surface area (Å²) < 4.78 is 0. The molecule has 0 aromatic heterocycles. The van der Waals surface area contributed by atoms with E-state index in [1.54, 1.807) is 13.8 Å². The summed E-state index contributed by atoms with van der Waals surface area (Å²) in [6.07, 6.45) is 1.70. The molecule has 3 rings (SSSR count). The van der Waals surface area contributed by atoms with Gasteiger partial charge in [0.25, 0.3) is 11.8 Å². The van der Waals surface area contributed by atoms with Crippen LogP contribution in [-0.4, -0.2) is 87.4 Å². The smallest absolute Gasteiger partial charge is 0.333 e. The van der Waals surface area contributed by atoms with Gasteiger partial charge in [-0.15, -0.1) is 5.06 Å². The zero-order chi connectivity index (χ0) is 33.3.